The topological polar surface area (TPSA) is 74.2 Å². The Morgan fingerprint density at radius 3 is 2.75 bits per heavy atom. The minimum atomic E-state index is -0.326. The number of nitriles is 1. The van der Waals surface area contributed by atoms with Gasteiger partial charge in [0, 0.05) is 6.54 Å². The van der Waals surface area contributed by atoms with Gasteiger partial charge in [0.15, 0.2) is 0 Å². The summed E-state index contributed by atoms with van der Waals surface area (Å²) >= 11 is 0. The van der Waals surface area contributed by atoms with Gasteiger partial charge in [0.1, 0.15) is 18.2 Å². The number of urea groups is 1. The van der Waals surface area contributed by atoms with Gasteiger partial charge in [0.25, 0.3) is 0 Å². The molecule has 0 spiro atoms. The number of rotatable bonds is 6. The third-order valence-electron chi connectivity index (χ3n) is 3.20. The monoisotopic (exact) mass is 327 g/mol. The molecule has 1 atom stereocenters. The number of hydrogen-bond donors (Lipinski definition) is 2. The molecule has 0 aromatic heterocycles. The maximum atomic E-state index is 12.8. The van der Waals surface area contributed by atoms with Crippen LogP contribution < -0.4 is 15.4 Å². The molecule has 0 aliphatic heterocycles. The van der Waals surface area contributed by atoms with Crippen molar-refractivity contribution in [2.75, 3.05) is 6.61 Å². The molecule has 1 unspecified atom stereocenters. The van der Waals surface area contributed by atoms with E-state index in [1.165, 1.54) is 24.3 Å². The summed E-state index contributed by atoms with van der Waals surface area (Å²) in [6, 6.07) is 14.2. The van der Waals surface area contributed by atoms with Gasteiger partial charge in [0.2, 0.25) is 0 Å². The first kappa shape index (κ1) is 17.3. The van der Waals surface area contributed by atoms with Gasteiger partial charge in [-0.15, -0.1) is 0 Å². The van der Waals surface area contributed by atoms with Gasteiger partial charge >= 0.3 is 6.03 Å². The van der Waals surface area contributed by atoms with Crippen molar-refractivity contribution in [1.82, 2.24) is 10.6 Å². The highest BCUT2D eigenvalue weighted by molar-refractivity contribution is 5.74. The van der Waals surface area contributed by atoms with Crippen LogP contribution in [0.2, 0.25) is 0 Å². The Morgan fingerprint density at radius 2 is 2.04 bits per heavy atom. The molecular weight excluding hydrogens is 309 g/mol. The first-order valence-electron chi connectivity index (χ1n) is 7.48. The first-order valence-corrected chi connectivity index (χ1v) is 7.48. The minimum Gasteiger partial charge on any atom is -0.491 e. The van der Waals surface area contributed by atoms with Crippen molar-refractivity contribution in [2.24, 2.45) is 0 Å². The number of nitrogens with zero attached hydrogens (tertiary/aromatic N) is 1. The van der Waals surface area contributed by atoms with Gasteiger partial charge in [-0.05, 0) is 48.9 Å². The molecule has 0 radical (unpaired) electrons. The van der Waals surface area contributed by atoms with Gasteiger partial charge in [-0.3, -0.25) is 0 Å². The van der Waals surface area contributed by atoms with Crippen molar-refractivity contribution in [3.8, 4) is 11.8 Å². The van der Waals surface area contributed by atoms with Gasteiger partial charge in [-0.1, -0.05) is 12.1 Å². The van der Waals surface area contributed by atoms with Crippen molar-refractivity contribution in [3.63, 3.8) is 0 Å². The number of carbonyl (C=O) groups is 1. The standard InChI is InChI=1S/C18H18FN3O2/c1-13(12-24-17-7-5-16(19)6-8-17)22-18(23)21-11-15-4-2-3-14(9-15)10-20/h2-9,13H,11-12H2,1H3,(H2,21,22,23). The number of ether oxygens (including phenoxy) is 1. The second-order valence-electron chi connectivity index (χ2n) is 5.31. The van der Waals surface area contributed by atoms with Gasteiger partial charge in [0.05, 0.1) is 17.7 Å². The Balaban J connectivity index is 1.73. The fourth-order valence-electron chi connectivity index (χ4n) is 2.00. The van der Waals surface area contributed by atoms with Crippen molar-refractivity contribution < 1.29 is 13.9 Å². The minimum absolute atomic E-state index is 0.222. The number of amides is 2. The average Bonchev–Trinajstić information content (AvgIpc) is 2.59. The number of nitrogens with one attached hydrogen (secondary N) is 2. The maximum Gasteiger partial charge on any atom is 0.315 e. The molecule has 0 saturated carbocycles. The average molecular weight is 327 g/mol. The lowest BCUT2D eigenvalue weighted by Gasteiger charge is -2.15. The van der Waals surface area contributed by atoms with Crippen molar-refractivity contribution in [2.45, 2.75) is 19.5 Å². The molecule has 24 heavy (non-hydrogen) atoms. The largest absolute Gasteiger partial charge is 0.491 e. The highest BCUT2D eigenvalue weighted by Crippen LogP contribution is 2.11. The quantitative estimate of drug-likeness (QED) is 0.856. The number of benzene rings is 2. The Bertz CT molecular complexity index is 726. The third-order valence-corrected chi connectivity index (χ3v) is 3.20. The summed E-state index contributed by atoms with van der Waals surface area (Å²) in [7, 11) is 0. The lowest BCUT2D eigenvalue weighted by Crippen LogP contribution is -2.43. The fraction of sp³-hybridized carbons (Fsp3) is 0.222. The van der Waals surface area contributed by atoms with E-state index in [0.717, 1.165) is 5.56 Å². The number of halogens is 1. The predicted octanol–water partition coefficient (Wildman–Crippen LogP) is 2.96. The summed E-state index contributed by atoms with van der Waals surface area (Å²) in [6.45, 7) is 2.40. The number of hydrogen-bond acceptors (Lipinski definition) is 3. The zero-order valence-electron chi connectivity index (χ0n) is 13.3. The SMILES string of the molecule is CC(COc1ccc(F)cc1)NC(=O)NCc1cccc(C#N)c1. The maximum absolute atomic E-state index is 12.8. The predicted molar refractivity (Wildman–Crippen MR) is 87.9 cm³/mol. The van der Waals surface area contributed by atoms with E-state index in [0.29, 0.717) is 17.9 Å². The van der Waals surface area contributed by atoms with Crippen LogP contribution in [0.1, 0.15) is 18.1 Å². The van der Waals surface area contributed by atoms with E-state index >= 15 is 0 Å². The second-order valence-corrected chi connectivity index (χ2v) is 5.31. The molecule has 6 heteroatoms. The molecule has 0 saturated heterocycles. The van der Waals surface area contributed by atoms with Crippen LogP contribution in [-0.2, 0) is 6.54 Å². The normalized spacial score (nSPS) is 11.2. The molecule has 0 aliphatic rings. The summed E-state index contributed by atoms with van der Waals surface area (Å²) in [5, 5.41) is 14.3. The lowest BCUT2D eigenvalue weighted by atomic mass is 10.1. The third kappa shape index (κ3) is 5.61. The molecule has 0 fully saturated rings. The lowest BCUT2D eigenvalue weighted by molar-refractivity contribution is 0.226. The molecule has 2 amide bonds. The van der Waals surface area contributed by atoms with Crippen LogP contribution in [0.5, 0.6) is 5.75 Å². The van der Waals surface area contributed by atoms with Crippen LogP contribution >= 0.6 is 0 Å². The van der Waals surface area contributed by atoms with E-state index in [1.807, 2.05) is 6.07 Å². The number of carbonyl (C=O) groups excluding carboxylic acids is 1. The van der Waals surface area contributed by atoms with E-state index in [1.54, 1.807) is 25.1 Å². The zero-order chi connectivity index (χ0) is 17.4. The van der Waals surface area contributed by atoms with Crippen molar-refractivity contribution in [1.29, 1.82) is 5.26 Å². The van der Waals surface area contributed by atoms with Crippen LogP contribution in [0, 0.1) is 17.1 Å². The Morgan fingerprint density at radius 1 is 1.29 bits per heavy atom. The van der Waals surface area contributed by atoms with E-state index in [2.05, 4.69) is 16.7 Å². The van der Waals surface area contributed by atoms with E-state index in [4.69, 9.17) is 10.00 Å². The van der Waals surface area contributed by atoms with Crippen LogP contribution in [0.3, 0.4) is 0 Å². The summed E-state index contributed by atoms with van der Waals surface area (Å²) in [6.07, 6.45) is 0. The first-order chi connectivity index (χ1) is 11.6. The fourth-order valence-corrected chi connectivity index (χ4v) is 2.00. The molecular formula is C18H18FN3O2. The van der Waals surface area contributed by atoms with Crippen LogP contribution in [-0.4, -0.2) is 18.7 Å². The van der Waals surface area contributed by atoms with Gasteiger partial charge in [-0.2, -0.15) is 5.26 Å². The molecule has 0 heterocycles. The smallest absolute Gasteiger partial charge is 0.315 e. The van der Waals surface area contributed by atoms with E-state index in [9.17, 15) is 9.18 Å². The summed E-state index contributed by atoms with van der Waals surface area (Å²) in [5.41, 5.74) is 1.40. The zero-order valence-corrected chi connectivity index (χ0v) is 13.3. The summed E-state index contributed by atoms with van der Waals surface area (Å²) in [4.78, 5) is 11.8. The molecule has 5 nitrogen and oxygen atoms in total. The Labute approximate surface area is 140 Å². The van der Waals surface area contributed by atoms with E-state index in [-0.39, 0.29) is 24.5 Å². The summed E-state index contributed by atoms with van der Waals surface area (Å²) in [5.74, 6) is 0.215. The molecule has 2 aromatic carbocycles. The molecule has 2 rings (SSSR count). The van der Waals surface area contributed by atoms with Gasteiger partial charge in [-0.25, -0.2) is 9.18 Å². The van der Waals surface area contributed by atoms with Crippen LogP contribution in [0.4, 0.5) is 9.18 Å². The van der Waals surface area contributed by atoms with Crippen LogP contribution in [0.25, 0.3) is 0 Å². The highest BCUT2D eigenvalue weighted by Gasteiger charge is 2.08. The van der Waals surface area contributed by atoms with Gasteiger partial charge < -0.3 is 15.4 Å². The molecule has 0 aliphatic carbocycles. The van der Waals surface area contributed by atoms with Crippen molar-refractivity contribution >= 4 is 6.03 Å². The summed E-state index contributed by atoms with van der Waals surface area (Å²) < 4.78 is 18.3. The Kier molecular flexibility index (Phi) is 6.15. The van der Waals surface area contributed by atoms with Crippen molar-refractivity contribution in [3.05, 3.63) is 65.5 Å². The van der Waals surface area contributed by atoms with E-state index < -0.39 is 0 Å². The molecule has 124 valence electrons. The second kappa shape index (κ2) is 8.53. The highest BCUT2D eigenvalue weighted by atomic mass is 19.1. The Hall–Kier alpha value is -3.07. The van der Waals surface area contributed by atoms with Crippen LogP contribution in [0.15, 0.2) is 48.5 Å². The molecule has 2 N–H and O–H groups in total. The molecule has 0 bridgehead atoms. The molecule has 2 aromatic rings.